The van der Waals surface area contributed by atoms with Gasteiger partial charge in [0.25, 0.3) is 0 Å². The second kappa shape index (κ2) is 30.4. The molecule has 0 saturated heterocycles. The summed E-state index contributed by atoms with van der Waals surface area (Å²) in [6.07, 6.45) is 0. The molecule has 0 spiro atoms. The summed E-state index contributed by atoms with van der Waals surface area (Å²) in [7, 11) is 0. The van der Waals surface area contributed by atoms with Gasteiger partial charge in [0.15, 0.2) is 0 Å². The zero-order valence-electron chi connectivity index (χ0n) is 2.69. The Morgan fingerprint density at radius 3 is 1.60 bits per heavy atom. The van der Waals surface area contributed by atoms with Gasteiger partial charge in [0.2, 0.25) is 0 Å². The summed E-state index contributed by atoms with van der Waals surface area (Å²) in [4.78, 5) is 0. The van der Waals surface area contributed by atoms with Gasteiger partial charge in [-0.1, -0.05) is 5.40 Å². The molecular formula is CH4CoN2S+2. The SMILES string of the molecule is N#C[S-].[Co+2].[NH4+]. The number of hydrogen-bond donors (Lipinski definition) is 1. The average Bonchev–Trinajstić information content (AvgIpc) is 0.918. The molecule has 0 heterocycles. The van der Waals surface area contributed by atoms with Crippen LogP contribution in [0.4, 0.5) is 0 Å². The van der Waals surface area contributed by atoms with E-state index in [0.29, 0.717) is 0 Å². The molecule has 4 N–H and O–H groups in total. The second-order valence-electron chi connectivity index (χ2n) is 0.0913. The molecule has 2 nitrogen and oxygen atoms in total. The summed E-state index contributed by atoms with van der Waals surface area (Å²) in [6, 6.07) is 0. The van der Waals surface area contributed by atoms with Crippen molar-refractivity contribution in [2.45, 2.75) is 0 Å². The summed E-state index contributed by atoms with van der Waals surface area (Å²) in [5.74, 6) is 0. The molecule has 0 rings (SSSR count). The van der Waals surface area contributed by atoms with E-state index in [2.05, 4.69) is 12.6 Å². The quantitative estimate of drug-likeness (QED) is 0.385. The Morgan fingerprint density at radius 2 is 1.60 bits per heavy atom. The smallest absolute Gasteiger partial charge is 0.696 e. The molecular weight excluding hydrogens is 131 g/mol. The molecule has 1 radical (unpaired) electrons. The number of nitriles is 1. The van der Waals surface area contributed by atoms with E-state index in [1.165, 1.54) is 5.40 Å². The Kier molecular flexibility index (Phi) is 116. The van der Waals surface area contributed by atoms with Gasteiger partial charge in [-0.15, -0.1) is 0 Å². The predicted octanol–water partition coefficient (Wildman–Crippen LogP) is 0.388. The van der Waals surface area contributed by atoms with E-state index in [1.54, 1.807) is 0 Å². The molecule has 0 fully saturated rings. The molecule has 0 unspecified atom stereocenters. The van der Waals surface area contributed by atoms with E-state index < -0.39 is 0 Å². The van der Waals surface area contributed by atoms with Gasteiger partial charge in [-0.2, -0.15) is 0 Å². The largest absolute Gasteiger partial charge is 2.00 e. The van der Waals surface area contributed by atoms with E-state index in [1.807, 2.05) is 0 Å². The van der Waals surface area contributed by atoms with Crippen LogP contribution >= 0.6 is 0 Å². The van der Waals surface area contributed by atoms with Crippen LogP contribution in [0.15, 0.2) is 0 Å². The van der Waals surface area contributed by atoms with Gasteiger partial charge < -0.3 is 18.8 Å². The number of nitrogens with zero attached hydrogens (tertiary/aromatic N) is 1. The van der Waals surface area contributed by atoms with E-state index in [4.69, 9.17) is 5.26 Å². The maximum atomic E-state index is 7.13. The van der Waals surface area contributed by atoms with Crippen LogP contribution in [0.3, 0.4) is 0 Å². The van der Waals surface area contributed by atoms with Crippen molar-refractivity contribution in [2.75, 3.05) is 0 Å². The fourth-order valence-corrected chi connectivity index (χ4v) is 0. The molecule has 5 heavy (non-hydrogen) atoms. The normalized spacial score (nSPS) is 1.40. The molecule has 0 atom stereocenters. The standard InChI is InChI=1S/CHNS.Co.H3N/c2-1-3;;/h3H;;1H3/q;+2;. The fraction of sp³-hybridized carbons (Fsp3) is 0. The van der Waals surface area contributed by atoms with Gasteiger partial charge in [0.1, 0.15) is 0 Å². The predicted molar refractivity (Wildman–Crippen MR) is 19.0 cm³/mol. The first-order valence-corrected chi connectivity index (χ1v) is 0.836. The van der Waals surface area contributed by atoms with Crippen molar-refractivity contribution in [3.05, 3.63) is 0 Å². The number of hydrogen-bond acceptors (Lipinski definition) is 2. The maximum Gasteiger partial charge on any atom is 2.00 e. The minimum Gasteiger partial charge on any atom is -0.696 e. The van der Waals surface area contributed by atoms with Crippen molar-refractivity contribution < 1.29 is 16.8 Å². The maximum absolute atomic E-state index is 7.13. The first kappa shape index (κ1) is 19.1. The van der Waals surface area contributed by atoms with Crippen LogP contribution in [0.2, 0.25) is 0 Å². The van der Waals surface area contributed by atoms with Crippen LogP contribution < -0.4 is 6.15 Å². The third kappa shape index (κ3) is 635. The molecule has 0 aliphatic rings. The molecule has 0 bridgehead atoms. The molecule has 31 valence electrons. The summed E-state index contributed by atoms with van der Waals surface area (Å²) >= 11 is 3.70. The number of quaternary nitrogens is 1. The van der Waals surface area contributed by atoms with Crippen molar-refractivity contribution in [2.24, 2.45) is 0 Å². The van der Waals surface area contributed by atoms with Crippen molar-refractivity contribution in [3.63, 3.8) is 0 Å². The van der Waals surface area contributed by atoms with Crippen LogP contribution in [-0.2, 0) is 29.4 Å². The van der Waals surface area contributed by atoms with Gasteiger partial charge in [-0.3, -0.25) is 0 Å². The van der Waals surface area contributed by atoms with Crippen molar-refractivity contribution in [1.29, 1.82) is 5.26 Å². The van der Waals surface area contributed by atoms with E-state index in [9.17, 15) is 0 Å². The average molecular weight is 135 g/mol. The fourth-order valence-electron chi connectivity index (χ4n) is 0. The second-order valence-corrected chi connectivity index (χ2v) is 0.274. The van der Waals surface area contributed by atoms with Crippen LogP contribution in [0, 0.1) is 10.7 Å². The Balaban J connectivity index is -0.0000000200. The summed E-state index contributed by atoms with van der Waals surface area (Å²) in [5.41, 5.74) is 0. The Morgan fingerprint density at radius 1 is 1.60 bits per heavy atom. The number of thiocyanates is 1. The zero-order chi connectivity index (χ0) is 2.71. The molecule has 0 aromatic heterocycles. The van der Waals surface area contributed by atoms with Gasteiger partial charge in [-0.05, 0) is 0 Å². The van der Waals surface area contributed by atoms with Gasteiger partial charge in [-0.25, -0.2) is 5.26 Å². The first-order chi connectivity index (χ1) is 1.41. The minimum absolute atomic E-state index is 0. The summed E-state index contributed by atoms with van der Waals surface area (Å²) in [5, 5.41) is 8.47. The van der Waals surface area contributed by atoms with Crippen LogP contribution in [-0.4, -0.2) is 0 Å². The number of rotatable bonds is 0. The molecule has 4 heteroatoms. The molecule has 0 amide bonds. The Hall–Kier alpha value is 0.176. The molecule has 0 aromatic rings. The molecule has 0 aromatic carbocycles. The van der Waals surface area contributed by atoms with Crippen LogP contribution in [0.5, 0.6) is 0 Å². The zero-order valence-corrected chi connectivity index (χ0v) is 4.55. The van der Waals surface area contributed by atoms with Crippen molar-refractivity contribution >= 4 is 12.6 Å². The van der Waals surface area contributed by atoms with Crippen molar-refractivity contribution in [3.8, 4) is 5.40 Å². The van der Waals surface area contributed by atoms with E-state index in [-0.39, 0.29) is 22.9 Å². The third-order valence-corrected chi connectivity index (χ3v) is 0. The topological polar surface area (TPSA) is 60.3 Å². The van der Waals surface area contributed by atoms with Crippen LogP contribution in [0.25, 0.3) is 0 Å². The third-order valence-electron chi connectivity index (χ3n) is 0. The molecule has 0 aliphatic heterocycles. The first-order valence-electron chi connectivity index (χ1n) is 0.428. The molecule has 0 aliphatic carbocycles. The summed E-state index contributed by atoms with van der Waals surface area (Å²) < 4.78 is 0. The monoisotopic (exact) mass is 135 g/mol. The minimum atomic E-state index is 0. The van der Waals surface area contributed by atoms with E-state index in [0.717, 1.165) is 0 Å². The van der Waals surface area contributed by atoms with Gasteiger partial charge in [0.05, 0.1) is 0 Å². The van der Waals surface area contributed by atoms with Gasteiger partial charge >= 0.3 is 16.8 Å². The van der Waals surface area contributed by atoms with Crippen LogP contribution in [0.1, 0.15) is 0 Å². The van der Waals surface area contributed by atoms with E-state index >= 15 is 0 Å². The molecule has 0 saturated carbocycles. The Bertz CT molecular complexity index is 31.1. The summed E-state index contributed by atoms with van der Waals surface area (Å²) in [6.45, 7) is 0. The Labute approximate surface area is 46.7 Å². The van der Waals surface area contributed by atoms with Crippen molar-refractivity contribution in [1.82, 2.24) is 6.15 Å². The van der Waals surface area contributed by atoms with Gasteiger partial charge in [0, 0.05) is 0 Å².